The second-order valence-corrected chi connectivity index (χ2v) is 12.7. The molecule has 2 aliphatic heterocycles. The zero-order valence-electron chi connectivity index (χ0n) is 20.9. The van der Waals surface area contributed by atoms with E-state index < -0.39 is 10.0 Å². The molecule has 1 amide bonds. The molecule has 1 atom stereocenters. The lowest BCUT2D eigenvalue weighted by molar-refractivity contribution is -0.123. The van der Waals surface area contributed by atoms with Gasteiger partial charge in [0.2, 0.25) is 15.9 Å². The molecule has 1 aromatic heterocycles. The SMILES string of the molecule is CCc1ccc2nc(N(CC3CCCO3)C(=O)C3CCN(S(=O)(=O)c4ccc(C)cc4)CC3)sc2c1. The number of ether oxygens (including phenoxy) is 1. The molecule has 1 unspecified atom stereocenters. The maximum Gasteiger partial charge on any atom is 0.243 e. The summed E-state index contributed by atoms with van der Waals surface area (Å²) in [6, 6.07) is 13.2. The van der Waals surface area contributed by atoms with E-state index in [-0.39, 0.29) is 17.9 Å². The van der Waals surface area contributed by atoms with Gasteiger partial charge in [0.05, 0.1) is 27.8 Å². The van der Waals surface area contributed by atoms with E-state index in [0.29, 0.717) is 42.5 Å². The Morgan fingerprint density at radius 2 is 1.89 bits per heavy atom. The highest BCUT2D eigenvalue weighted by Gasteiger charge is 2.36. The van der Waals surface area contributed by atoms with Crippen LogP contribution in [0.4, 0.5) is 5.13 Å². The van der Waals surface area contributed by atoms with E-state index in [1.165, 1.54) is 9.87 Å². The lowest BCUT2D eigenvalue weighted by Gasteiger charge is -2.33. The monoisotopic (exact) mass is 527 g/mol. The number of piperidine rings is 1. The van der Waals surface area contributed by atoms with Crippen LogP contribution in [-0.2, 0) is 26.0 Å². The molecular formula is C27H33N3O4S2. The molecule has 3 aromatic rings. The third-order valence-corrected chi connectivity index (χ3v) is 10.2. The van der Waals surface area contributed by atoms with Crippen LogP contribution >= 0.6 is 11.3 Å². The third kappa shape index (κ3) is 5.20. The van der Waals surface area contributed by atoms with Gasteiger partial charge in [0.1, 0.15) is 0 Å². The van der Waals surface area contributed by atoms with E-state index >= 15 is 0 Å². The largest absolute Gasteiger partial charge is 0.376 e. The minimum absolute atomic E-state index is 0.00849. The van der Waals surface area contributed by atoms with Crippen LogP contribution in [-0.4, -0.2) is 56.0 Å². The fourth-order valence-electron chi connectivity index (χ4n) is 4.97. The van der Waals surface area contributed by atoms with E-state index in [4.69, 9.17) is 9.72 Å². The summed E-state index contributed by atoms with van der Waals surface area (Å²) in [7, 11) is -3.56. The molecule has 7 nitrogen and oxygen atoms in total. The molecule has 0 aliphatic carbocycles. The first-order valence-electron chi connectivity index (χ1n) is 12.7. The molecular weight excluding hydrogens is 494 g/mol. The molecule has 0 bridgehead atoms. The van der Waals surface area contributed by atoms with Crippen molar-refractivity contribution in [3.63, 3.8) is 0 Å². The minimum Gasteiger partial charge on any atom is -0.376 e. The number of carbonyl (C=O) groups is 1. The zero-order chi connectivity index (χ0) is 25.3. The van der Waals surface area contributed by atoms with Crippen molar-refractivity contribution in [3.05, 3.63) is 53.6 Å². The maximum atomic E-state index is 13.8. The number of hydrogen-bond acceptors (Lipinski definition) is 6. The number of aryl methyl sites for hydroxylation is 2. The van der Waals surface area contributed by atoms with Crippen molar-refractivity contribution in [3.8, 4) is 0 Å². The van der Waals surface area contributed by atoms with Crippen LogP contribution in [0.2, 0.25) is 0 Å². The molecule has 36 heavy (non-hydrogen) atoms. The summed E-state index contributed by atoms with van der Waals surface area (Å²) in [6.45, 7) is 5.94. The number of aromatic nitrogens is 1. The average Bonchev–Trinajstić information content (AvgIpc) is 3.56. The molecule has 5 rings (SSSR count). The number of thiazole rings is 1. The highest BCUT2D eigenvalue weighted by Crippen LogP contribution is 2.33. The van der Waals surface area contributed by atoms with Crippen molar-refractivity contribution in [1.82, 2.24) is 9.29 Å². The van der Waals surface area contributed by atoms with Crippen molar-refractivity contribution >= 4 is 42.6 Å². The maximum absolute atomic E-state index is 13.8. The Morgan fingerprint density at radius 1 is 1.14 bits per heavy atom. The lowest BCUT2D eigenvalue weighted by Crippen LogP contribution is -2.46. The van der Waals surface area contributed by atoms with Gasteiger partial charge in [0, 0.05) is 25.6 Å². The summed E-state index contributed by atoms with van der Waals surface area (Å²) in [4.78, 5) is 20.7. The van der Waals surface area contributed by atoms with Crippen molar-refractivity contribution in [1.29, 1.82) is 0 Å². The summed E-state index contributed by atoms with van der Waals surface area (Å²) >= 11 is 1.55. The molecule has 2 aliphatic rings. The normalized spacial score (nSPS) is 19.7. The number of amides is 1. The Kier molecular flexibility index (Phi) is 7.44. The summed E-state index contributed by atoms with van der Waals surface area (Å²) in [5.74, 6) is -0.221. The fraction of sp³-hybridized carbons (Fsp3) is 0.481. The summed E-state index contributed by atoms with van der Waals surface area (Å²) in [5.41, 5.74) is 3.17. The lowest BCUT2D eigenvalue weighted by atomic mass is 9.96. The minimum atomic E-state index is -3.56. The first-order valence-corrected chi connectivity index (χ1v) is 15.0. The fourth-order valence-corrected chi connectivity index (χ4v) is 7.48. The Hall–Kier alpha value is -2.33. The first kappa shape index (κ1) is 25.3. The van der Waals surface area contributed by atoms with Gasteiger partial charge in [0.25, 0.3) is 0 Å². The molecule has 0 saturated carbocycles. The zero-order valence-corrected chi connectivity index (χ0v) is 22.5. The number of sulfonamides is 1. The molecule has 2 saturated heterocycles. The Balaban J connectivity index is 1.34. The molecule has 2 aromatic carbocycles. The van der Waals surface area contributed by atoms with Crippen LogP contribution < -0.4 is 4.90 Å². The number of benzene rings is 2. The van der Waals surface area contributed by atoms with Crippen molar-refractivity contribution in [2.75, 3.05) is 31.1 Å². The van der Waals surface area contributed by atoms with Gasteiger partial charge in [-0.1, -0.05) is 42.0 Å². The van der Waals surface area contributed by atoms with Crippen molar-refractivity contribution in [2.24, 2.45) is 5.92 Å². The highest BCUT2D eigenvalue weighted by molar-refractivity contribution is 7.89. The molecule has 0 N–H and O–H groups in total. The highest BCUT2D eigenvalue weighted by atomic mass is 32.2. The van der Waals surface area contributed by atoms with Crippen molar-refractivity contribution < 1.29 is 17.9 Å². The smallest absolute Gasteiger partial charge is 0.243 e. The topological polar surface area (TPSA) is 79.8 Å². The van der Waals surface area contributed by atoms with Gasteiger partial charge in [-0.25, -0.2) is 13.4 Å². The van der Waals surface area contributed by atoms with E-state index in [9.17, 15) is 13.2 Å². The molecule has 9 heteroatoms. The summed E-state index contributed by atoms with van der Waals surface area (Å²) in [5, 5.41) is 0.702. The van der Waals surface area contributed by atoms with Gasteiger partial charge in [-0.05, 0) is 68.9 Å². The molecule has 0 spiro atoms. The number of rotatable bonds is 7. The quantitative estimate of drug-likeness (QED) is 0.442. The molecule has 2 fully saturated rings. The molecule has 0 radical (unpaired) electrons. The summed E-state index contributed by atoms with van der Waals surface area (Å²) in [6.07, 6.45) is 3.89. The van der Waals surface area contributed by atoms with Crippen LogP contribution in [0.1, 0.15) is 43.7 Å². The standard InChI is InChI=1S/C27H33N3O4S2/c1-3-20-8-11-24-25(17-20)35-27(28-24)30(18-22-5-4-16-34-22)26(31)21-12-14-29(15-13-21)36(32,33)23-9-6-19(2)7-10-23/h6-11,17,21-22H,3-5,12-16,18H2,1-2H3. The van der Waals surface area contributed by atoms with E-state index in [1.807, 2.05) is 25.1 Å². The second kappa shape index (κ2) is 10.6. The second-order valence-electron chi connectivity index (χ2n) is 9.73. The van der Waals surface area contributed by atoms with E-state index in [0.717, 1.165) is 41.6 Å². The van der Waals surface area contributed by atoms with E-state index in [2.05, 4.69) is 19.1 Å². The summed E-state index contributed by atoms with van der Waals surface area (Å²) < 4.78 is 34.7. The van der Waals surface area contributed by atoms with Crippen molar-refractivity contribution in [2.45, 2.75) is 57.0 Å². The third-order valence-electron chi connectivity index (χ3n) is 7.22. The van der Waals surface area contributed by atoms with Crippen LogP contribution in [0.15, 0.2) is 47.4 Å². The predicted octanol–water partition coefficient (Wildman–Crippen LogP) is 4.78. The van der Waals surface area contributed by atoms with Gasteiger partial charge >= 0.3 is 0 Å². The average molecular weight is 528 g/mol. The Labute approximate surface area is 217 Å². The predicted molar refractivity (Wildman–Crippen MR) is 143 cm³/mol. The number of carbonyl (C=O) groups excluding carboxylic acids is 1. The van der Waals surface area contributed by atoms with Crippen LogP contribution in [0, 0.1) is 12.8 Å². The molecule has 3 heterocycles. The number of fused-ring (bicyclic) bond motifs is 1. The number of hydrogen-bond donors (Lipinski definition) is 0. The van der Waals surface area contributed by atoms with Crippen LogP contribution in [0.5, 0.6) is 0 Å². The number of anilines is 1. The Morgan fingerprint density at radius 3 is 2.56 bits per heavy atom. The molecule has 192 valence electrons. The van der Waals surface area contributed by atoms with Gasteiger partial charge in [-0.2, -0.15) is 4.31 Å². The van der Waals surface area contributed by atoms with Crippen LogP contribution in [0.3, 0.4) is 0 Å². The van der Waals surface area contributed by atoms with Gasteiger partial charge < -0.3 is 4.74 Å². The Bertz CT molecular complexity index is 1320. The van der Waals surface area contributed by atoms with E-state index in [1.54, 1.807) is 28.4 Å². The first-order chi connectivity index (χ1) is 17.3. The van der Waals surface area contributed by atoms with Gasteiger partial charge in [-0.15, -0.1) is 0 Å². The van der Waals surface area contributed by atoms with Crippen LogP contribution in [0.25, 0.3) is 10.2 Å². The number of nitrogens with zero attached hydrogens (tertiary/aromatic N) is 3. The van der Waals surface area contributed by atoms with Gasteiger partial charge in [-0.3, -0.25) is 9.69 Å². The van der Waals surface area contributed by atoms with Gasteiger partial charge in [0.15, 0.2) is 5.13 Å².